The Kier molecular flexibility index (Phi) is 4.03. The summed E-state index contributed by atoms with van der Waals surface area (Å²) >= 11 is 3.40. The molecule has 4 rings (SSSR count). The fourth-order valence-electron chi connectivity index (χ4n) is 3.99. The van der Waals surface area contributed by atoms with Crippen molar-refractivity contribution in [2.75, 3.05) is 5.32 Å². The van der Waals surface area contributed by atoms with Crippen LogP contribution in [0.25, 0.3) is 0 Å². The molecule has 2 aromatic carbocycles. The Balaban J connectivity index is 1.85. The average molecular weight is 415 g/mol. The first-order valence-corrected chi connectivity index (χ1v) is 8.99. The zero-order chi connectivity index (χ0) is 18.4. The molecule has 0 aromatic heterocycles. The molecule has 0 radical (unpaired) electrons. The number of hydrogen-bond donors (Lipinski definition) is 2. The first kappa shape index (κ1) is 16.8. The van der Waals surface area contributed by atoms with Crippen molar-refractivity contribution in [2.45, 2.75) is 18.4 Å². The van der Waals surface area contributed by atoms with Gasteiger partial charge in [0.25, 0.3) is 5.69 Å². The number of aromatic carboxylic acids is 1. The van der Waals surface area contributed by atoms with Gasteiger partial charge in [0.05, 0.1) is 22.2 Å². The van der Waals surface area contributed by atoms with Crippen molar-refractivity contribution < 1.29 is 14.8 Å². The van der Waals surface area contributed by atoms with E-state index in [0.717, 1.165) is 22.0 Å². The van der Waals surface area contributed by atoms with Gasteiger partial charge in [-0.2, -0.15) is 0 Å². The van der Waals surface area contributed by atoms with Gasteiger partial charge in [-0.25, -0.2) is 4.79 Å². The van der Waals surface area contributed by atoms with Crippen molar-refractivity contribution in [2.24, 2.45) is 5.92 Å². The minimum absolute atomic E-state index is 0.0341. The maximum atomic E-state index is 11.7. The summed E-state index contributed by atoms with van der Waals surface area (Å²) in [6, 6.07) is 9.89. The largest absolute Gasteiger partial charge is 0.478 e. The highest BCUT2D eigenvalue weighted by atomic mass is 79.9. The quantitative estimate of drug-likeness (QED) is 0.424. The van der Waals surface area contributed by atoms with E-state index in [9.17, 15) is 20.0 Å². The number of nitro benzene ring substituents is 1. The molecule has 0 spiro atoms. The van der Waals surface area contributed by atoms with Gasteiger partial charge >= 0.3 is 5.97 Å². The van der Waals surface area contributed by atoms with Gasteiger partial charge < -0.3 is 10.4 Å². The molecule has 3 atom stereocenters. The number of carboxylic acid groups (broad SMARTS) is 1. The summed E-state index contributed by atoms with van der Waals surface area (Å²) in [5.74, 6) is -0.750. The molecule has 1 heterocycles. The summed E-state index contributed by atoms with van der Waals surface area (Å²) in [7, 11) is 0. The minimum Gasteiger partial charge on any atom is -0.478 e. The Labute approximate surface area is 157 Å². The molecule has 0 fully saturated rings. The SMILES string of the molecule is O=C(O)c1cc(Br)cc2c1N[C@H](c1cccc([N+](=O)[O-])c1)[C@@H]1CC=C[C@@H]21. The molecule has 132 valence electrons. The fourth-order valence-corrected chi connectivity index (χ4v) is 4.47. The maximum Gasteiger partial charge on any atom is 0.337 e. The molecule has 2 aromatic rings. The molecule has 0 saturated heterocycles. The third-order valence-corrected chi connectivity index (χ3v) is 5.56. The van der Waals surface area contributed by atoms with Crippen molar-refractivity contribution >= 4 is 33.3 Å². The molecule has 0 saturated carbocycles. The average Bonchev–Trinajstić information content (AvgIpc) is 3.10. The number of fused-ring (bicyclic) bond motifs is 3. The summed E-state index contributed by atoms with van der Waals surface area (Å²) in [6.45, 7) is 0. The number of allylic oxidation sites excluding steroid dienone is 2. The lowest BCUT2D eigenvalue weighted by Gasteiger charge is -2.38. The van der Waals surface area contributed by atoms with Gasteiger partial charge in [0.15, 0.2) is 0 Å². The highest BCUT2D eigenvalue weighted by Crippen LogP contribution is 2.51. The van der Waals surface area contributed by atoms with Gasteiger partial charge in [-0.05, 0) is 35.6 Å². The van der Waals surface area contributed by atoms with Crippen LogP contribution in [-0.4, -0.2) is 16.0 Å². The molecule has 0 amide bonds. The zero-order valence-corrected chi connectivity index (χ0v) is 15.1. The summed E-state index contributed by atoms with van der Waals surface area (Å²) in [4.78, 5) is 22.5. The molecule has 1 aliphatic carbocycles. The van der Waals surface area contributed by atoms with Gasteiger partial charge in [0.1, 0.15) is 0 Å². The van der Waals surface area contributed by atoms with E-state index in [1.54, 1.807) is 18.2 Å². The highest BCUT2D eigenvalue weighted by molar-refractivity contribution is 9.10. The standard InChI is InChI=1S/C19H15BrN2O4/c20-11-8-15-13-5-2-6-14(13)17(21-18(15)16(9-11)19(23)24)10-3-1-4-12(7-10)22(25)26/h1-5,7-9,13-14,17,21H,6H2,(H,23,24)/t13-,14-,17-/m1/s1. The second-order valence-corrected chi connectivity index (χ2v) is 7.47. The first-order chi connectivity index (χ1) is 12.5. The monoisotopic (exact) mass is 414 g/mol. The molecule has 0 unspecified atom stereocenters. The molecule has 26 heavy (non-hydrogen) atoms. The lowest BCUT2D eigenvalue weighted by atomic mass is 9.76. The van der Waals surface area contributed by atoms with Crippen LogP contribution in [0.3, 0.4) is 0 Å². The van der Waals surface area contributed by atoms with E-state index in [4.69, 9.17) is 0 Å². The summed E-state index contributed by atoms with van der Waals surface area (Å²) in [5.41, 5.74) is 2.56. The number of rotatable bonds is 3. The predicted octanol–water partition coefficient (Wildman–Crippen LogP) is 4.88. The second-order valence-electron chi connectivity index (χ2n) is 6.55. The fraction of sp³-hybridized carbons (Fsp3) is 0.211. The van der Waals surface area contributed by atoms with Crippen LogP contribution < -0.4 is 5.32 Å². The number of benzene rings is 2. The number of halogens is 1. The van der Waals surface area contributed by atoms with Gasteiger partial charge in [0, 0.05) is 22.5 Å². The number of nitrogens with zero attached hydrogens (tertiary/aromatic N) is 1. The Morgan fingerprint density at radius 3 is 2.85 bits per heavy atom. The molecule has 0 bridgehead atoms. The lowest BCUT2D eigenvalue weighted by molar-refractivity contribution is -0.384. The van der Waals surface area contributed by atoms with E-state index in [1.165, 1.54) is 6.07 Å². The van der Waals surface area contributed by atoms with Crippen LogP contribution in [0.5, 0.6) is 0 Å². The molecular weight excluding hydrogens is 400 g/mol. The Hall–Kier alpha value is -2.67. The molecule has 2 N–H and O–H groups in total. The molecule has 7 heteroatoms. The van der Waals surface area contributed by atoms with Crippen LogP contribution in [0.15, 0.2) is 53.0 Å². The molecule has 2 aliphatic rings. The van der Waals surface area contributed by atoms with Crippen LogP contribution in [0, 0.1) is 16.0 Å². The van der Waals surface area contributed by atoms with Gasteiger partial charge in [-0.15, -0.1) is 0 Å². The number of hydrogen-bond acceptors (Lipinski definition) is 4. The van der Waals surface area contributed by atoms with Gasteiger partial charge in [-0.3, -0.25) is 10.1 Å². The smallest absolute Gasteiger partial charge is 0.337 e. The number of nitrogens with one attached hydrogen (secondary N) is 1. The van der Waals surface area contributed by atoms with Crippen molar-refractivity contribution in [3.63, 3.8) is 0 Å². The number of anilines is 1. The summed E-state index contributed by atoms with van der Waals surface area (Å²) in [6.07, 6.45) is 5.03. The minimum atomic E-state index is -1.01. The van der Waals surface area contributed by atoms with Gasteiger partial charge in [-0.1, -0.05) is 40.2 Å². The van der Waals surface area contributed by atoms with E-state index in [-0.39, 0.29) is 29.1 Å². The topological polar surface area (TPSA) is 92.5 Å². The number of carbonyl (C=O) groups is 1. The summed E-state index contributed by atoms with van der Waals surface area (Å²) in [5, 5.41) is 24.1. The van der Waals surface area contributed by atoms with E-state index in [0.29, 0.717) is 5.69 Å². The second kappa shape index (κ2) is 6.25. The summed E-state index contributed by atoms with van der Waals surface area (Å²) < 4.78 is 0.725. The third kappa shape index (κ3) is 2.68. The molecule has 1 aliphatic heterocycles. The van der Waals surface area contributed by atoms with Crippen molar-refractivity contribution in [1.82, 2.24) is 0 Å². The van der Waals surface area contributed by atoms with Crippen LogP contribution in [0.1, 0.15) is 39.9 Å². The molecule has 6 nitrogen and oxygen atoms in total. The zero-order valence-electron chi connectivity index (χ0n) is 13.6. The first-order valence-electron chi connectivity index (χ1n) is 8.20. The lowest BCUT2D eigenvalue weighted by Crippen LogP contribution is -2.30. The van der Waals surface area contributed by atoms with E-state index >= 15 is 0 Å². The number of carboxylic acids is 1. The third-order valence-electron chi connectivity index (χ3n) is 5.10. The van der Waals surface area contributed by atoms with Crippen LogP contribution in [0.4, 0.5) is 11.4 Å². The van der Waals surface area contributed by atoms with Crippen LogP contribution >= 0.6 is 15.9 Å². The van der Waals surface area contributed by atoms with Crippen molar-refractivity contribution in [1.29, 1.82) is 0 Å². The number of nitro groups is 1. The Morgan fingerprint density at radius 1 is 1.31 bits per heavy atom. The molecular formula is C19H15BrN2O4. The van der Waals surface area contributed by atoms with E-state index in [1.807, 2.05) is 12.1 Å². The predicted molar refractivity (Wildman–Crippen MR) is 101 cm³/mol. The number of non-ortho nitro benzene ring substituents is 1. The van der Waals surface area contributed by atoms with Crippen molar-refractivity contribution in [3.8, 4) is 0 Å². The maximum absolute atomic E-state index is 11.7. The normalized spacial score (nSPS) is 23.0. The van der Waals surface area contributed by atoms with E-state index in [2.05, 4.69) is 33.4 Å². The Morgan fingerprint density at radius 2 is 2.12 bits per heavy atom. The van der Waals surface area contributed by atoms with Crippen LogP contribution in [0.2, 0.25) is 0 Å². The van der Waals surface area contributed by atoms with Crippen LogP contribution in [-0.2, 0) is 0 Å². The van der Waals surface area contributed by atoms with E-state index < -0.39 is 10.9 Å². The Bertz CT molecular complexity index is 957. The van der Waals surface area contributed by atoms with Gasteiger partial charge in [0.2, 0.25) is 0 Å². The van der Waals surface area contributed by atoms with Crippen molar-refractivity contribution in [3.05, 3.63) is 79.8 Å². The highest BCUT2D eigenvalue weighted by Gasteiger charge is 2.40.